The highest BCUT2D eigenvalue weighted by Crippen LogP contribution is 2.37. The average molecular weight is 404 g/mol. The predicted octanol–water partition coefficient (Wildman–Crippen LogP) is 1.58. The number of benzene rings is 1. The second kappa shape index (κ2) is 6.94. The summed E-state index contributed by atoms with van der Waals surface area (Å²) >= 11 is 1.26. The molecule has 0 unspecified atom stereocenters. The van der Waals surface area contributed by atoms with Gasteiger partial charge in [0, 0.05) is 17.5 Å². The van der Waals surface area contributed by atoms with Crippen LogP contribution in [0.4, 0.5) is 0 Å². The highest BCUT2D eigenvalue weighted by molar-refractivity contribution is 7.92. The van der Waals surface area contributed by atoms with Crippen LogP contribution in [-0.2, 0) is 19.9 Å². The van der Waals surface area contributed by atoms with Crippen molar-refractivity contribution < 1.29 is 26.3 Å². The van der Waals surface area contributed by atoms with Crippen LogP contribution in [-0.4, -0.2) is 42.8 Å². The minimum Gasteiger partial charge on any atom is -0.486 e. The molecule has 2 heterocycles. The third-order valence-corrected chi connectivity index (χ3v) is 7.52. The molecule has 0 amide bonds. The van der Waals surface area contributed by atoms with E-state index in [0.29, 0.717) is 29.6 Å². The molecule has 7 nitrogen and oxygen atoms in total. The summed E-state index contributed by atoms with van der Waals surface area (Å²) in [4.78, 5) is 0.622. The first-order valence-corrected chi connectivity index (χ1v) is 11.7. The minimum absolute atomic E-state index is 0.0606. The molecule has 0 bridgehead atoms. The third kappa shape index (κ3) is 4.14. The molecule has 2 aromatic rings. The first-order valence-electron chi connectivity index (χ1n) is 7.39. The van der Waals surface area contributed by atoms with E-state index in [2.05, 4.69) is 4.72 Å². The molecule has 0 aliphatic carbocycles. The molecule has 0 saturated heterocycles. The van der Waals surface area contributed by atoms with Gasteiger partial charge in [0.1, 0.15) is 18.5 Å². The molecule has 0 fully saturated rings. The Morgan fingerprint density at radius 1 is 1.12 bits per heavy atom. The fourth-order valence-corrected chi connectivity index (χ4v) is 5.80. The monoisotopic (exact) mass is 403 g/mol. The summed E-state index contributed by atoms with van der Waals surface area (Å²) in [6.45, 7) is 0.520. The number of nitrogens with one attached hydrogen (secondary N) is 1. The molecular weight excluding hydrogens is 386 g/mol. The van der Waals surface area contributed by atoms with Gasteiger partial charge in [-0.3, -0.25) is 0 Å². The van der Waals surface area contributed by atoms with Gasteiger partial charge < -0.3 is 9.47 Å². The lowest BCUT2D eigenvalue weighted by Crippen LogP contribution is -2.30. The summed E-state index contributed by atoms with van der Waals surface area (Å²) in [5.74, 6) is 0.862. The van der Waals surface area contributed by atoms with Crippen molar-refractivity contribution in [2.45, 2.75) is 10.1 Å². The lowest BCUT2D eigenvalue weighted by molar-refractivity contribution is 0.171. The lowest BCUT2D eigenvalue weighted by atomic mass is 10.3. The zero-order valence-electron chi connectivity index (χ0n) is 13.3. The number of ether oxygens (including phenoxy) is 2. The van der Waals surface area contributed by atoms with Gasteiger partial charge in [0.25, 0.3) is 0 Å². The molecule has 25 heavy (non-hydrogen) atoms. The Hall–Kier alpha value is -1.62. The van der Waals surface area contributed by atoms with Crippen molar-refractivity contribution in [1.82, 2.24) is 4.72 Å². The van der Waals surface area contributed by atoms with Crippen LogP contribution < -0.4 is 14.2 Å². The van der Waals surface area contributed by atoms with Crippen molar-refractivity contribution in [2.75, 3.05) is 26.0 Å². The number of fused-ring (bicyclic) bond motifs is 1. The molecule has 1 aromatic carbocycles. The van der Waals surface area contributed by atoms with Crippen molar-refractivity contribution in [3.63, 3.8) is 0 Å². The normalized spacial score (nSPS) is 15.7. The summed E-state index contributed by atoms with van der Waals surface area (Å²) < 4.78 is 62.2. The van der Waals surface area contributed by atoms with E-state index < -0.39 is 25.1 Å². The summed E-state index contributed by atoms with van der Waals surface area (Å²) in [5.41, 5.74) is 0. The Bertz CT molecular complexity index is 951. The number of hydrogen-bond acceptors (Lipinski definition) is 7. The highest BCUT2D eigenvalue weighted by atomic mass is 32.2. The molecule has 0 radical (unpaired) electrons. The largest absolute Gasteiger partial charge is 0.486 e. The van der Waals surface area contributed by atoms with Crippen LogP contribution in [0.2, 0.25) is 0 Å². The van der Waals surface area contributed by atoms with Crippen LogP contribution in [0, 0.1) is 0 Å². The standard InChI is InChI=1S/C15H17NO6S3/c1-24(17,18)16-10-15(14-3-2-8-23-14)25(19,20)11-4-5-12-13(9-11)22-7-6-21-12/h2-5,8-9,15-16H,6-7,10H2,1H3/t15-/m1/s1. The van der Waals surface area contributed by atoms with E-state index in [1.807, 2.05) is 0 Å². The fraction of sp³-hybridized carbons (Fsp3) is 0.333. The summed E-state index contributed by atoms with van der Waals surface area (Å²) in [6.07, 6.45) is 0.995. The van der Waals surface area contributed by atoms with Gasteiger partial charge in [0.2, 0.25) is 10.0 Å². The van der Waals surface area contributed by atoms with Crippen LogP contribution in [0.5, 0.6) is 11.5 Å². The molecular formula is C15H17NO6S3. The van der Waals surface area contributed by atoms with E-state index in [0.717, 1.165) is 6.26 Å². The summed E-state index contributed by atoms with van der Waals surface area (Å²) in [5, 5.41) is 0.729. The van der Waals surface area contributed by atoms with Gasteiger partial charge in [-0.15, -0.1) is 11.3 Å². The molecule has 1 aliphatic heterocycles. The van der Waals surface area contributed by atoms with Crippen LogP contribution in [0.3, 0.4) is 0 Å². The molecule has 1 aliphatic rings. The van der Waals surface area contributed by atoms with Crippen molar-refractivity contribution in [2.24, 2.45) is 0 Å². The zero-order valence-corrected chi connectivity index (χ0v) is 15.8. The van der Waals surface area contributed by atoms with E-state index in [1.165, 1.54) is 23.5 Å². The van der Waals surface area contributed by atoms with Gasteiger partial charge in [-0.05, 0) is 23.6 Å². The third-order valence-electron chi connectivity index (χ3n) is 3.61. The highest BCUT2D eigenvalue weighted by Gasteiger charge is 2.32. The Balaban J connectivity index is 1.98. The Morgan fingerprint density at radius 2 is 1.84 bits per heavy atom. The Labute approximate surface area is 150 Å². The van der Waals surface area contributed by atoms with Crippen LogP contribution in [0.15, 0.2) is 40.6 Å². The predicted molar refractivity (Wildman–Crippen MR) is 94.5 cm³/mol. The van der Waals surface area contributed by atoms with E-state index in [9.17, 15) is 16.8 Å². The van der Waals surface area contributed by atoms with E-state index in [-0.39, 0.29) is 11.4 Å². The molecule has 3 rings (SSSR count). The fourth-order valence-electron chi connectivity index (χ4n) is 2.43. The van der Waals surface area contributed by atoms with Crippen LogP contribution in [0.25, 0.3) is 0 Å². The van der Waals surface area contributed by atoms with Gasteiger partial charge in [0.15, 0.2) is 21.3 Å². The number of hydrogen-bond donors (Lipinski definition) is 1. The smallest absolute Gasteiger partial charge is 0.208 e. The van der Waals surface area contributed by atoms with Crippen molar-refractivity contribution in [3.05, 3.63) is 40.6 Å². The molecule has 0 saturated carbocycles. The topological polar surface area (TPSA) is 98.8 Å². The number of sulfonamides is 1. The van der Waals surface area contributed by atoms with Crippen molar-refractivity contribution >= 4 is 31.2 Å². The lowest BCUT2D eigenvalue weighted by Gasteiger charge is -2.21. The van der Waals surface area contributed by atoms with Gasteiger partial charge in [-0.2, -0.15) is 0 Å². The molecule has 1 N–H and O–H groups in total. The minimum atomic E-state index is -3.83. The van der Waals surface area contributed by atoms with Gasteiger partial charge in [-0.25, -0.2) is 21.6 Å². The molecule has 1 aromatic heterocycles. The number of sulfone groups is 1. The van der Waals surface area contributed by atoms with Gasteiger partial charge >= 0.3 is 0 Å². The first kappa shape index (κ1) is 18.2. The quantitative estimate of drug-likeness (QED) is 0.786. The molecule has 136 valence electrons. The zero-order chi connectivity index (χ0) is 18.1. The van der Waals surface area contributed by atoms with Crippen LogP contribution >= 0.6 is 11.3 Å². The summed E-state index contributed by atoms with van der Waals surface area (Å²) in [6, 6.07) is 7.83. The Kier molecular flexibility index (Phi) is 5.05. The van der Waals surface area contributed by atoms with Gasteiger partial charge in [-0.1, -0.05) is 6.07 Å². The maximum absolute atomic E-state index is 13.1. The van der Waals surface area contributed by atoms with Crippen molar-refractivity contribution in [3.8, 4) is 11.5 Å². The van der Waals surface area contributed by atoms with Crippen LogP contribution in [0.1, 0.15) is 10.1 Å². The van der Waals surface area contributed by atoms with E-state index in [4.69, 9.17) is 9.47 Å². The second-order valence-electron chi connectivity index (χ2n) is 5.48. The first-order chi connectivity index (χ1) is 11.8. The maximum Gasteiger partial charge on any atom is 0.208 e. The summed E-state index contributed by atoms with van der Waals surface area (Å²) in [7, 11) is -7.35. The average Bonchev–Trinajstić information content (AvgIpc) is 3.07. The van der Waals surface area contributed by atoms with E-state index in [1.54, 1.807) is 23.6 Å². The SMILES string of the molecule is CS(=O)(=O)NC[C@H](c1cccs1)S(=O)(=O)c1ccc2c(c1)OCCO2. The molecule has 10 heteroatoms. The Morgan fingerprint density at radius 3 is 2.48 bits per heavy atom. The number of rotatable bonds is 6. The molecule has 0 spiro atoms. The van der Waals surface area contributed by atoms with E-state index >= 15 is 0 Å². The second-order valence-corrected chi connectivity index (χ2v) is 10.4. The van der Waals surface area contributed by atoms with Crippen molar-refractivity contribution in [1.29, 1.82) is 0 Å². The number of thiophene rings is 1. The van der Waals surface area contributed by atoms with Gasteiger partial charge in [0.05, 0.1) is 11.2 Å². The maximum atomic E-state index is 13.1. The molecule has 1 atom stereocenters.